The van der Waals surface area contributed by atoms with Crippen LogP contribution in [0.5, 0.6) is 5.75 Å². The number of nitrogens with one attached hydrogen (secondary N) is 1. The SMILES string of the molecule is CCC(C)CNc1ccccc1OCC(C)C. The van der Waals surface area contributed by atoms with Gasteiger partial charge in [0.05, 0.1) is 12.3 Å². The summed E-state index contributed by atoms with van der Waals surface area (Å²) in [5.74, 6) is 2.20. The van der Waals surface area contributed by atoms with E-state index in [1.54, 1.807) is 0 Å². The summed E-state index contributed by atoms with van der Waals surface area (Å²) in [6.07, 6.45) is 1.20. The molecule has 1 N–H and O–H groups in total. The van der Waals surface area contributed by atoms with Crippen LogP contribution in [-0.2, 0) is 0 Å². The van der Waals surface area contributed by atoms with Crippen LogP contribution in [0, 0.1) is 11.8 Å². The van der Waals surface area contributed by atoms with Gasteiger partial charge in [0.1, 0.15) is 5.75 Å². The highest BCUT2D eigenvalue weighted by Crippen LogP contribution is 2.24. The molecule has 96 valence electrons. The Morgan fingerprint density at radius 3 is 2.53 bits per heavy atom. The molecule has 0 amide bonds. The van der Waals surface area contributed by atoms with E-state index in [4.69, 9.17) is 4.74 Å². The van der Waals surface area contributed by atoms with Crippen LogP contribution >= 0.6 is 0 Å². The zero-order chi connectivity index (χ0) is 12.7. The van der Waals surface area contributed by atoms with Gasteiger partial charge in [-0.3, -0.25) is 0 Å². The topological polar surface area (TPSA) is 21.3 Å². The monoisotopic (exact) mass is 235 g/mol. The highest BCUT2D eigenvalue weighted by molar-refractivity contribution is 5.56. The molecular formula is C15H25NO. The van der Waals surface area contributed by atoms with Crippen LogP contribution in [0.3, 0.4) is 0 Å². The van der Waals surface area contributed by atoms with Crippen molar-refractivity contribution in [3.8, 4) is 5.75 Å². The van der Waals surface area contributed by atoms with Gasteiger partial charge in [0.25, 0.3) is 0 Å². The summed E-state index contributed by atoms with van der Waals surface area (Å²) < 4.78 is 5.80. The van der Waals surface area contributed by atoms with Crippen LogP contribution in [0.25, 0.3) is 0 Å². The van der Waals surface area contributed by atoms with Crippen molar-refractivity contribution in [2.24, 2.45) is 11.8 Å². The van der Waals surface area contributed by atoms with E-state index in [1.807, 2.05) is 18.2 Å². The first-order chi connectivity index (χ1) is 8.13. The van der Waals surface area contributed by atoms with Crippen LogP contribution in [0.4, 0.5) is 5.69 Å². The zero-order valence-electron chi connectivity index (χ0n) is 11.5. The Hall–Kier alpha value is -1.18. The zero-order valence-corrected chi connectivity index (χ0v) is 11.5. The van der Waals surface area contributed by atoms with Crippen LogP contribution in [0.2, 0.25) is 0 Å². The molecule has 0 aliphatic carbocycles. The Labute approximate surface area is 105 Å². The molecule has 0 fully saturated rings. The minimum absolute atomic E-state index is 0.553. The van der Waals surface area contributed by atoms with E-state index in [9.17, 15) is 0 Å². The molecular weight excluding hydrogens is 210 g/mol. The molecule has 0 aromatic heterocycles. The predicted molar refractivity (Wildman–Crippen MR) is 74.7 cm³/mol. The van der Waals surface area contributed by atoms with Gasteiger partial charge in [-0.15, -0.1) is 0 Å². The maximum absolute atomic E-state index is 5.80. The maximum atomic E-state index is 5.80. The highest BCUT2D eigenvalue weighted by Gasteiger charge is 2.05. The Morgan fingerprint density at radius 1 is 1.18 bits per heavy atom. The maximum Gasteiger partial charge on any atom is 0.142 e. The number of rotatable bonds is 7. The normalized spacial score (nSPS) is 12.5. The lowest BCUT2D eigenvalue weighted by atomic mass is 10.1. The average Bonchev–Trinajstić information content (AvgIpc) is 2.34. The second-order valence-corrected chi connectivity index (χ2v) is 5.10. The van der Waals surface area contributed by atoms with Gasteiger partial charge in [0.2, 0.25) is 0 Å². The van der Waals surface area contributed by atoms with Crippen molar-refractivity contribution in [3.05, 3.63) is 24.3 Å². The molecule has 2 heteroatoms. The van der Waals surface area contributed by atoms with E-state index in [0.29, 0.717) is 11.8 Å². The van der Waals surface area contributed by atoms with Crippen molar-refractivity contribution in [1.29, 1.82) is 0 Å². The first-order valence-corrected chi connectivity index (χ1v) is 6.59. The van der Waals surface area contributed by atoms with Gasteiger partial charge in [-0.1, -0.05) is 46.2 Å². The smallest absolute Gasteiger partial charge is 0.142 e. The summed E-state index contributed by atoms with van der Waals surface area (Å²) >= 11 is 0. The molecule has 1 unspecified atom stereocenters. The minimum Gasteiger partial charge on any atom is -0.491 e. The van der Waals surface area contributed by atoms with Gasteiger partial charge in [-0.2, -0.15) is 0 Å². The van der Waals surface area contributed by atoms with Crippen molar-refractivity contribution in [1.82, 2.24) is 0 Å². The summed E-state index contributed by atoms with van der Waals surface area (Å²) in [5.41, 5.74) is 1.11. The lowest BCUT2D eigenvalue weighted by Gasteiger charge is -2.16. The van der Waals surface area contributed by atoms with E-state index in [0.717, 1.165) is 24.6 Å². The Bertz CT molecular complexity index is 322. The number of benzene rings is 1. The first-order valence-electron chi connectivity index (χ1n) is 6.59. The quantitative estimate of drug-likeness (QED) is 0.765. The van der Waals surface area contributed by atoms with Gasteiger partial charge in [0, 0.05) is 6.54 Å². The van der Waals surface area contributed by atoms with Crippen LogP contribution in [0.15, 0.2) is 24.3 Å². The van der Waals surface area contributed by atoms with Crippen LogP contribution in [0.1, 0.15) is 34.1 Å². The molecule has 0 radical (unpaired) electrons. The van der Waals surface area contributed by atoms with E-state index >= 15 is 0 Å². The number of para-hydroxylation sites is 2. The van der Waals surface area contributed by atoms with Crippen LogP contribution in [-0.4, -0.2) is 13.2 Å². The standard InChI is InChI=1S/C15H25NO/c1-5-13(4)10-16-14-8-6-7-9-15(14)17-11-12(2)3/h6-9,12-13,16H,5,10-11H2,1-4H3. The van der Waals surface area contributed by atoms with E-state index in [1.165, 1.54) is 6.42 Å². The second-order valence-electron chi connectivity index (χ2n) is 5.10. The molecule has 1 aromatic carbocycles. The Kier molecular flexibility index (Phi) is 5.88. The van der Waals surface area contributed by atoms with Crippen molar-refractivity contribution in [3.63, 3.8) is 0 Å². The third kappa shape index (κ3) is 5.12. The number of hydrogen-bond donors (Lipinski definition) is 1. The summed E-state index contributed by atoms with van der Waals surface area (Å²) in [6.45, 7) is 10.6. The molecule has 1 atom stereocenters. The summed E-state index contributed by atoms with van der Waals surface area (Å²) in [5, 5.41) is 3.46. The average molecular weight is 235 g/mol. The van der Waals surface area contributed by atoms with Gasteiger partial charge >= 0.3 is 0 Å². The molecule has 2 nitrogen and oxygen atoms in total. The fourth-order valence-corrected chi connectivity index (χ4v) is 1.42. The molecule has 0 bridgehead atoms. The second kappa shape index (κ2) is 7.21. The third-order valence-electron chi connectivity index (χ3n) is 2.80. The summed E-state index contributed by atoms with van der Waals surface area (Å²) in [7, 11) is 0. The van der Waals surface area contributed by atoms with Gasteiger partial charge in [-0.05, 0) is 24.0 Å². The van der Waals surface area contributed by atoms with Gasteiger partial charge in [-0.25, -0.2) is 0 Å². The largest absolute Gasteiger partial charge is 0.491 e. The molecule has 1 aromatic rings. The van der Waals surface area contributed by atoms with Crippen molar-refractivity contribution in [2.75, 3.05) is 18.5 Å². The van der Waals surface area contributed by atoms with Gasteiger partial charge < -0.3 is 10.1 Å². The number of ether oxygens (including phenoxy) is 1. The third-order valence-corrected chi connectivity index (χ3v) is 2.80. The van der Waals surface area contributed by atoms with E-state index < -0.39 is 0 Å². The summed E-state index contributed by atoms with van der Waals surface area (Å²) in [6, 6.07) is 8.17. The number of anilines is 1. The highest BCUT2D eigenvalue weighted by atomic mass is 16.5. The van der Waals surface area contributed by atoms with E-state index in [-0.39, 0.29) is 0 Å². The molecule has 0 saturated carbocycles. The fraction of sp³-hybridized carbons (Fsp3) is 0.600. The van der Waals surface area contributed by atoms with Crippen LogP contribution < -0.4 is 10.1 Å². The fourth-order valence-electron chi connectivity index (χ4n) is 1.42. The molecule has 0 aliphatic rings. The molecule has 0 heterocycles. The lowest BCUT2D eigenvalue weighted by molar-refractivity contribution is 0.272. The molecule has 0 spiro atoms. The molecule has 0 saturated heterocycles. The first kappa shape index (κ1) is 13.9. The Morgan fingerprint density at radius 2 is 1.88 bits per heavy atom. The minimum atomic E-state index is 0.553. The van der Waals surface area contributed by atoms with Crippen molar-refractivity contribution >= 4 is 5.69 Å². The Balaban J connectivity index is 2.57. The number of hydrogen-bond acceptors (Lipinski definition) is 2. The molecule has 0 aliphatic heterocycles. The predicted octanol–water partition coefficient (Wildman–Crippen LogP) is 4.18. The molecule has 1 rings (SSSR count). The van der Waals surface area contributed by atoms with Crippen molar-refractivity contribution in [2.45, 2.75) is 34.1 Å². The van der Waals surface area contributed by atoms with Crippen molar-refractivity contribution < 1.29 is 4.74 Å². The lowest BCUT2D eigenvalue weighted by Crippen LogP contribution is -2.12. The summed E-state index contributed by atoms with van der Waals surface area (Å²) in [4.78, 5) is 0. The van der Waals surface area contributed by atoms with Gasteiger partial charge in [0.15, 0.2) is 0 Å². The van der Waals surface area contributed by atoms with E-state index in [2.05, 4.69) is 39.1 Å². The molecule has 17 heavy (non-hydrogen) atoms.